The van der Waals surface area contributed by atoms with Crippen LogP contribution in [-0.4, -0.2) is 98.6 Å². The van der Waals surface area contributed by atoms with Gasteiger partial charge in [-0.05, 0) is 42.7 Å². The highest BCUT2D eigenvalue weighted by atomic mass is 16.6. The number of hydrogen-bond acceptors (Lipinski definition) is 13. The first-order chi connectivity index (χ1) is 23.9. The molecule has 3 fully saturated rings. The van der Waals surface area contributed by atoms with Crippen molar-refractivity contribution in [1.82, 2.24) is 0 Å². The van der Waals surface area contributed by atoms with Crippen LogP contribution in [0.4, 0.5) is 0 Å². The molecule has 3 unspecified atom stereocenters. The van der Waals surface area contributed by atoms with E-state index in [9.17, 15) is 39.6 Å². The standard InChI is InChI=1S/C38H45NO12/c1-19-23(49-34(46)29(43)27(39)21-12-8-6-9-13-21)17-38(47)32(50-33(45)22-14-10-7-11-15-22)30-36(5,31(44)28(42)26(19)35(38,3)4)24(41)16-25-37(30,18-48-25)51-20(2)40/h6-15,23-25,27-30,32,41-43,47H,16-18,39H2,1-5H3/t23-,24-,25?,27-,28+,29+,30?,32-,36?,37-,38+/m0/s1. The molecule has 1 saturated heterocycles. The Morgan fingerprint density at radius 1 is 0.980 bits per heavy atom. The van der Waals surface area contributed by atoms with Crippen LogP contribution >= 0.6 is 0 Å². The van der Waals surface area contributed by atoms with Crippen molar-refractivity contribution in [2.45, 2.75) is 101 Å². The van der Waals surface area contributed by atoms with Gasteiger partial charge in [0.1, 0.15) is 30.0 Å². The van der Waals surface area contributed by atoms with Crippen LogP contribution in [0.5, 0.6) is 0 Å². The van der Waals surface area contributed by atoms with Gasteiger partial charge in [-0.2, -0.15) is 0 Å². The van der Waals surface area contributed by atoms with E-state index in [1.807, 2.05) is 0 Å². The minimum Gasteiger partial charge on any atom is -0.456 e. The zero-order chi connectivity index (χ0) is 37.3. The number of Topliss-reactive ketones (excluding diaryl/α,β-unsaturated/α-hetero) is 1. The lowest BCUT2D eigenvalue weighted by molar-refractivity contribution is -0.346. The third-order valence-corrected chi connectivity index (χ3v) is 11.9. The van der Waals surface area contributed by atoms with Gasteiger partial charge in [0.15, 0.2) is 17.5 Å². The predicted molar refractivity (Wildman–Crippen MR) is 178 cm³/mol. The van der Waals surface area contributed by atoms with Crippen molar-refractivity contribution < 1.29 is 58.6 Å². The molecule has 2 bridgehead atoms. The largest absolute Gasteiger partial charge is 0.456 e. The summed E-state index contributed by atoms with van der Waals surface area (Å²) in [6.07, 6.45) is -9.94. The van der Waals surface area contributed by atoms with Crippen LogP contribution in [0.15, 0.2) is 71.8 Å². The summed E-state index contributed by atoms with van der Waals surface area (Å²) in [7, 11) is 0. The first-order valence-electron chi connectivity index (χ1n) is 17.0. The normalized spacial score (nSPS) is 36.5. The van der Waals surface area contributed by atoms with E-state index in [-0.39, 0.29) is 29.7 Å². The van der Waals surface area contributed by atoms with Crippen molar-refractivity contribution in [1.29, 1.82) is 0 Å². The quantitative estimate of drug-likeness (QED) is 0.158. The van der Waals surface area contributed by atoms with E-state index in [4.69, 9.17) is 24.7 Å². The molecule has 51 heavy (non-hydrogen) atoms. The number of hydrogen-bond donors (Lipinski definition) is 5. The van der Waals surface area contributed by atoms with Gasteiger partial charge in [-0.25, -0.2) is 9.59 Å². The number of nitrogens with two attached hydrogens (primary N) is 1. The number of rotatable bonds is 7. The number of aliphatic hydroxyl groups is 4. The second-order valence-electron chi connectivity index (χ2n) is 15.0. The number of ketones is 1. The van der Waals surface area contributed by atoms with Gasteiger partial charge >= 0.3 is 17.9 Å². The van der Waals surface area contributed by atoms with Gasteiger partial charge in [-0.15, -0.1) is 0 Å². The lowest BCUT2D eigenvalue weighted by atomic mass is 9.44. The van der Waals surface area contributed by atoms with E-state index >= 15 is 0 Å². The Bertz CT molecular complexity index is 1750. The smallest absolute Gasteiger partial charge is 0.338 e. The Kier molecular flexibility index (Phi) is 9.31. The first kappa shape index (κ1) is 36.8. The molecule has 13 heteroatoms. The number of benzene rings is 2. The predicted octanol–water partition coefficient (Wildman–Crippen LogP) is 1.69. The average molecular weight is 708 g/mol. The third kappa shape index (κ3) is 5.53. The molecule has 6 N–H and O–H groups in total. The molecule has 0 amide bonds. The summed E-state index contributed by atoms with van der Waals surface area (Å²) in [4.78, 5) is 55.0. The van der Waals surface area contributed by atoms with Gasteiger partial charge in [0.25, 0.3) is 0 Å². The van der Waals surface area contributed by atoms with Crippen LogP contribution < -0.4 is 5.73 Å². The maximum Gasteiger partial charge on any atom is 0.338 e. The molecule has 2 aromatic carbocycles. The molecule has 2 aromatic rings. The number of aliphatic hydroxyl groups excluding tert-OH is 3. The molecule has 11 atom stereocenters. The van der Waals surface area contributed by atoms with Gasteiger partial charge in [-0.1, -0.05) is 62.4 Å². The summed E-state index contributed by atoms with van der Waals surface area (Å²) < 4.78 is 23.9. The number of carbonyl (C=O) groups is 4. The summed E-state index contributed by atoms with van der Waals surface area (Å²) in [6, 6.07) is 15.2. The third-order valence-electron chi connectivity index (χ3n) is 11.9. The van der Waals surface area contributed by atoms with Crippen LogP contribution in [-0.2, 0) is 33.3 Å². The molecule has 0 spiro atoms. The van der Waals surface area contributed by atoms with Crippen molar-refractivity contribution in [2.75, 3.05) is 6.61 Å². The van der Waals surface area contributed by atoms with Crippen molar-refractivity contribution >= 4 is 23.7 Å². The zero-order valence-electron chi connectivity index (χ0n) is 29.1. The summed E-state index contributed by atoms with van der Waals surface area (Å²) in [5, 5.41) is 48.0. The minimum absolute atomic E-state index is 0.0120. The molecule has 6 rings (SSSR count). The molecule has 0 aromatic heterocycles. The highest BCUT2D eigenvalue weighted by Gasteiger charge is 2.78. The maximum atomic E-state index is 14.8. The van der Waals surface area contributed by atoms with Crippen LogP contribution in [0.3, 0.4) is 0 Å². The molecular weight excluding hydrogens is 662 g/mol. The Morgan fingerprint density at radius 3 is 2.16 bits per heavy atom. The van der Waals surface area contributed by atoms with Crippen molar-refractivity contribution in [3.8, 4) is 0 Å². The fraction of sp³-hybridized carbons (Fsp3) is 0.526. The molecule has 1 aliphatic heterocycles. The summed E-state index contributed by atoms with van der Waals surface area (Å²) >= 11 is 0. The zero-order valence-corrected chi connectivity index (χ0v) is 29.1. The maximum absolute atomic E-state index is 14.8. The van der Waals surface area contributed by atoms with Crippen LogP contribution in [0.25, 0.3) is 0 Å². The second kappa shape index (κ2) is 12.9. The lowest BCUT2D eigenvalue weighted by Gasteiger charge is -2.67. The monoisotopic (exact) mass is 707 g/mol. The van der Waals surface area contributed by atoms with Crippen LogP contribution in [0.1, 0.15) is 69.4 Å². The molecule has 1 heterocycles. The SMILES string of the molecule is CC(=O)O[C@@]12COC1C[C@H](O)C1(C)C(=O)[C@H](O)C3=C(C)[C@@H](OC(=O)[C@H](O)[C@@H](N)c4ccccc4)C[C@@](O)([C@@H](OC(=O)c4ccccc4)C12)C3(C)C. The summed E-state index contributed by atoms with van der Waals surface area (Å²) in [6.45, 7) is 6.99. The van der Waals surface area contributed by atoms with Crippen LogP contribution in [0.2, 0.25) is 0 Å². The molecule has 0 radical (unpaired) electrons. The molecule has 274 valence electrons. The number of carbonyl (C=O) groups excluding carboxylic acids is 4. The van der Waals surface area contributed by atoms with E-state index in [0.717, 1.165) is 0 Å². The van der Waals surface area contributed by atoms with Crippen molar-refractivity contribution in [3.63, 3.8) is 0 Å². The lowest BCUT2D eigenvalue weighted by Crippen LogP contribution is -2.81. The Morgan fingerprint density at radius 2 is 1.59 bits per heavy atom. The van der Waals surface area contributed by atoms with Crippen molar-refractivity contribution in [2.24, 2.45) is 22.5 Å². The molecular formula is C38H45NO12. The van der Waals surface area contributed by atoms with E-state index in [1.165, 1.54) is 32.9 Å². The molecule has 4 aliphatic rings. The molecule has 13 nitrogen and oxygen atoms in total. The van der Waals surface area contributed by atoms with Gasteiger partial charge < -0.3 is 45.1 Å². The Balaban J connectivity index is 1.53. The van der Waals surface area contributed by atoms with Gasteiger partial charge in [0, 0.05) is 25.2 Å². The highest BCUT2D eigenvalue weighted by Crippen LogP contribution is 2.64. The number of fused-ring (bicyclic) bond motifs is 5. The van der Waals surface area contributed by atoms with E-state index in [0.29, 0.717) is 5.56 Å². The first-order valence-corrected chi connectivity index (χ1v) is 17.0. The fourth-order valence-corrected chi connectivity index (χ4v) is 8.99. The number of esters is 3. The summed E-state index contributed by atoms with van der Waals surface area (Å²) in [5.74, 6) is -5.10. The van der Waals surface area contributed by atoms with Gasteiger partial charge in [0.05, 0.1) is 35.6 Å². The Hall–Kier alpha value is -3.98. The number of ether oxygens (including phenoxy) is 4. The van der Waals surface area contributed by atoms with E-state index < -0.39 is 101 Å². The highest BCUT2D eigenvalue weighted by molar-refractivity contribution is 5.94. The Labute approximate surface area is 295 Å². The van der Waals surface area contributed by atoms with E-state index in [2.05, 4.69) is 0 Å². The van der Waals surface area contributed by atoms with Crippen molar-refractivity contribution in [3.05, 3.63) is 82.9 Å². The van der Waals surface area contributed by atoms with Gasteiger partial charge in [0.2, 0.25) is 0 Å². The topological polar surface area (TPSA) is 212 Å². The fourth-order valence-electron chi connectivity index (χ4n) is 8.99. The van der Waals surface area contributed by atoms with E-state index in [1.54, 1.807) is 62.4 Å². The average Bonchev–Trinajstić information content (AvgIpc) is 3.09. The molecule has 3 aliphatic carbocycles. The second-order valence-corrected chi connectivity index (χ2v) is 15.0. The molecule has 2 saturated carbocycles. The van der Waals surface area contributed by atoms with Crippen LogP contribution in [0, 0.1) is 16.7 Å². The summed E-state index contributed by atoms with van der Waals surface area (Å²) in [5.41, 5.74) is -0.496. The minimum atomic E-state index is -2.28. The van der Waals surface area contributed by atoms with Gasteiger partial charge in [-0.3, -0.25) is 9.59 Å².